The minimum atomic E-state index is -2.75. The van der Waals surface area contributed by atoms with E-state index >= 15 is 0 Å². The van der Waals surface area contributed by atoms with Gasteiger partial charge in [-0.15, -0.1) is 0 Å². The van der Waals surface area contributed by atoms with Gasteiger partial charge in [0.2, 0.25) is 0 Å². The number of likely N-dealkylation sites (N-methyl/N-ethyl adjacent to an activating group) is 2. The van der Waals surface area contributed by atoms with E-state index < -0.39 is 33.8 Å². The highest BCUT2D eigenvalue weighted by atomic mass is 28.5. The third kappa shape index (κ3) is 16.9. The predicted octanol–water partition coefficient (Wildman–Crippen LogP) is 3.87. The van der Waals surface area contributed by atoms with Gasteiger partial charge >= 0.3 is 8.80 Å². The van der Waals surface area contributed by atoms with E-state index in [1.807, 2.05) is 0 Å². The van der Waals surface area contributed by atoms with Gasteiger partial charge in [0.15, 0.2) is 25.0 Å². The van der Waals surface area contributed by atoms with Crippen LogP contribution in [0.15, 0.2) is 0 Å². The molecule has 1 N–H and O–H groups in total. The molecule has 0 rings (SSSR count). The Bertz CT molecular complexity index is 442. The van der Waals surface area contributed by atoms with E-state index in [0.717, 1.165) is 30.0 Å². The van der Waals surface area contributed by atoms with Crippen LogP contribution in [0.4, 0.5) is 0 Å². The van der Waals surface area contributed by atoms with Crippen molar-refractivity contribution in [1.82, 2.24) is 4.90 Å². The van der Waals surface area contributed by atoms with E-state index in [-0.39, 0.29) is 6.10 Å². The first-order valence-corrected chi connectivity index (χ1v) is 23.0. The molecule has 6 nitrogen and oxygen atoms in total. The monoisotopic (exact) mass is 483 g/mol. The largest absolute Gasteiger partial charge is 0.469 e. The van der Waals surface area contributed by atoms with Crippen molar-refractivity contribution < 1.29 is 21.9 Å². The molecule has 176 valence electrons. The maximum atomic E-state index is 10.4. The second-order valence-electron chi connectivity index (χ2n) is 12.3. The third-order valence-electron chi connectivity index (χ3n) is 3.69. The minimum absolute atomic E-state index is 0.323. The molecular formula is C19H51N2O4Si4+. The first-order chi connectivity index (χ1) is 12.6. The summed E-state index contributed by atoms with van der Waals surface area (Å²) in [6, 6.07) is 0.849. The highest BCUT2D eigenvalue weighted by Crippen LogP contribution is 2.30. The first-order valence-electron chi connectivity index (χ1n) is 10.9. The summed E-state index contributed by atoms with van der Waals surface area (Å²) < 4.78 is 21.0. The quantitative estimate of drug-likeness (QED) is 0.300. The predicted molar refractivity (Wildman–Crippen MR) is 135 cm³/mol. The summed E-state index contributed by atoms with van der Waals surface area (Å²) in [4.78, 5) is 2.22. The standard InChI is InChI=1S/C19H51N2O4Si4/c1-20(17-19(22)18-21(2,3)4)15-14-16-29(23-26(5,6)7,24-27(8,9)10)25-28(11,12)13/h19,22H,14-18H2,1-13H3/q+1. The summed E-state index contributed by atoms with van der Waals surface area (Å²) in [5.74, 6) is 0. The van der Waals surface area contributed by atoms with Crippen LogP contribution in [-0.4, -0.2) is 102 Å². The first kappa shape index (κ1) is 29.6. The van der Waals surface area contributed by atoms with Crippen LogP contribution in [0.5, 0.6) is 0 Å². The van der Waals surface area contributed by atoms with Gasteiger partial charge in [0.1, 0.15) is 12.6 Å². The molecule has 0 aliphatic heterocycles. The molecule has 0 amide bonds. The lowest BCUT2D eigenvalue weighted by atomic mass is 10.3. The Morgan fingerprint density at radius 1 is 0.793 bits per heavy atom. The molecule has 0 aromatic heterocycles. The smallest absolute Gasteiger partial charge is 0.417 e. The van der Waals surface area contributed by atoms with Crippen LogP contribution in [0, 0.1) is 0 Å². The second-order valence-corrected chi connectivity index (χ2v) is 29.3. The number of nitrogens with zero attached hydrogens (tertiary/aromatic N) is 2. The Balaban J connectivity index is 5.19. The van der Waals surface area contributed by atoms with Crippen molar-refractivity contribution in [3.63, 3.8) is 0 Å². The lowest BCUT2D eigenvalue weighted by molar-refractivity contribution is -0.873. The summed E-state index contributed by atoms with van der Waals surface area (Å²) in [6.45, 7) is 22.4. The topological polar surface area (TPSA) is 51.2 Å². The molecule has 0 heterocycles. The fraction of sp³-hybridized carbons (Fsp3) is 1.00. The molecule has 0 aliphatic rings. The molecule has 0 aromatic rings. The van der Waals surface area contributed by atoms with Crippen LogP contribution in [0.25, 0.3) is 0 Å². The summed E-state index contributed by atoms with van der Waals surface area (Å²) >= 11 is 0. The summed E-state index contributed by atoms with van der Waals surface area (Å²) in [5.41, 5.74) is 0. The second kappa shape index (κ2) is 11.0. The SMILES string of the molecule is CN(CCC[Si](O[Si](C)(C)C)(O[Si](C)(C)C)O[Si](C)(C)C)CC(O)C[N+](C)(C)C. The van der Waals surface area contributed by atoms with Crippen LogP contribution in [0.2, 0.25) is 65.0 Å². The van der Waals surface area contributed by atoms with Gasteiger partial charge in [-0.05, 0) is 78.9 Å². The van der Waals surface area contributed by atoms with Crippen LogP contribution < -0.4 is 0 Å². The zero-order valence-electron chi connectivity index (χ0n) is 21.7. The molecule has 0 fully saturated rings. The molecule has 0 spiro atoms. The van der Waals surface area contributed by atoms with Crippen LogP contribution in [0.1, 0.15) is 6.42 Å². The number of quaternary nitrogens is 1. The van der Waals surface area contributed by atoms with Gasteiger partial charge in [-0.3, -0.25) is 0 Å². The molecule has 0 aliphatic carbocycles. The Labute approximate surface area is 185 Å². The van der Waals surface area contributed by atoms with Crippen molar-refractivity contribution in [2.24, 2.45) is 0 Å². The van der Waals surface area contributed by atoms with E-state index in [0.29, 0.717) is 6.54 Å². The Hall–Kier alpha value is 0.628. The van der Waals surface area contributed by atoms with Crippen molar-refractivity contribution in [2.45, 2.75) is 77.5 Å². The van der Waals surface area contributed by atoms with Crippen LogP contribution >= 0.6 is 0 Å². The van der Waals surface area contributed by atoms with Gasteiger partial charge in [0.05, 0.1) is 21.1 Å². The molecule has 1 unspecified atom stereocenters. The summed E-state index contributed by atoms with van der Waals surface area (Å²) in [6.07, 6.45) is 0.635. The zero-order chi connectivity index (χ0) is 23.3. The van der Waals surface area contributed by atoms with E-state index in [4.69, 9.17) is 12.3 Å². The average molecular weight is 484 g/mol. The third-order valence-corrected chi connectivity index (χ3v) is 15.7. The number of rotatable bonds is 14. The molecular weight excluding hydrogens is 433 g/mol. The number of hydrogen-bond acceptors (Lipinski definition) is 5. The van der Waals surface area contributed by atoms with E-state index in [1.165, 1.54) is 0 Å². The van der Waals surface area contributed by atoms with Crippen molar-refractivity contribution in [3.05, 3.63) is 0 Å². The Kier molecular flexibility index (Phi) is 11.2. The number of aliphatic hydroxyl groups is 1. The molecule has 0 bridgehead atoms. The van der Waals surface area contributed by atoms with E-state index in [9.17, 15) is 5.11 Å². The van der Waals surface area contributed by atoms with Gasteiger partial charge in [-0.25, -0.2) is 0 Å². The fourth-order valence-electron chi connectivity index (χ4n) is 3.32. The van der Waals surface area contributed by atoms with E-state index in [2.05, 4.69) is 92.0 Å². The molecule has 0 radical (unpaired) electrons. The Morgan fingerprint density at radius 3 is 1.48 bits per heavy atom. The van der Waals surface area contributed by atoms with Crippen molar-refractivity contribution in [2.75, 3.05) is 47.8 Å². The lowest BCUT2D eigenvalue weighted by Gasteiger charge is -2.43. The van der Waals surface area contributed by atoms with Crippen molar-refractivity contribution in [3.8, 4) is 0 Å². The molecule has 1 atom stereocenters. The highest BCUT2D eigenvalue weighted by molar-refractivity contribution is 6.90. The lowest BCUT2D eigenvalue weighted by Crippen LogP contribution is -2.60. The summed E-state index contributed by atoms with van der Waals surface area (Å²) in [7, 11) is 0.193. The average Bonchev–Trinajstić information content (AvgIpc) is 2.27. The number of aliphatic hydroxyl groups excluding tert-OH is 1. The normalized spacial score (nSPS) is 15.8. The minimum Gasteiger partial charge on any atom is -0.417 e. The van der Waals surface area contributed by atoms with Gasteiger partial charge in [-0.1, -0.05) is 0 Å². The molecule has 0 saturated carbocycles. The van der Waals surface area contributed by atoms with Crippen LogP contribution in [0.3, 0.4) is 0 Å². The maximum absolute atomic E-state index is 10.4. The maximum Gasteiger partial charge on any atom is 0.469 e. The van der Waals surface area contributed by atoms with Gasteiger partial charge < -0.3 is 26.8 Å². The van der Waals surface area contributed by atoms with Crippen molar-refractivity contribution in [1.29, 1.82) is 0 Å². The molecule has 10 heteroatoms. The number of hydrogen-bond donors (Lipinski definition) is 1. The molecule has 0 aromatic carbocycles. The molecule has 0 saturated heterocycles. The molecule has 29 heavy (non-hydrogen) atoms. The Morgan fingerprint density at radius 2 is 1.17 bits per heavy atom. The van der Waals surface area contributed by atoms with Gasteiger partial charge in [-0.2, -0.15) is 0 Å². The summed E-state index contributed by atoms with van der Waals surface area (Å²) in [5, 5.41) is 10.4. The van der Waals surface area contributed by atoms with Crippen LogP contribution in [-0.2, 0) is 12.3 Å². The zero-order valence-corrected chi connectivity index (χ0v) is 25.7. The van der Waals surface area contributed by atoms with Gasteiger partial charge in [0, 0.05) is 12.6 Å². The fourth-order valence-corrected chi connectivity index (χ4v) is 18.0. The van der Waals surface area contributed by atoms with Gasteiger partial charge in [0.25, 0.3) is 0 Å². The van der Waals surface area contributed by atoms with Crippen molar-refractivity contribution >= 4 is 33.8 Å². The van der Waals surface area contributed by atoms with E-state index in [1.54, 1.807) is 0 Å². The highest BCUT2D eigenvalue weighted by Gasteiger charge is 2.49.